The summed E-state index contributed by atoms with van der Waals surface area (Å²) in [6, 6.07) is 11.7. The van der Waals surface area contributed by atoms with E-state index in [9.17, 15) is 18.3 Å². The minimum atomic E-state index is -3.91. The molecule has 5 nitrogen and oxygen atoms in total. The zero-order chi connectivity index (χ0) is 20.7. The van der Waals surface area contributed by atoms with Crippen molar-refractivity contribution >= 4 is 27.4 Å². The summed E-state index contributed by atoms with van der Waals surface area (Å²) in [6.45, 7) is 1.85. The molecule has 152 valence electrons. The molecule has 1 atom stereocenters. The molecule has 0 fully saturated rings. The van der Waals surface area contributed by atoms with Crippen molar-refractivity contribution in [1.82, 2.24) is 0 Å². The maximum absolute atomic E-state index is 12.7. The van der Waals surface area contributed by atoms with Gasteiger partial charge >= 0.3 is 5.97 Å². The van der Waals surface area contributed by atoms with Gasteiger partial charge in [0.15, 0.2) is 15.1 Å². The van der Waals surface area contributed by atoms with Gasteiger partial charge in [0, 0.05) is 5.02 Å². The van der Waals surface area contributed by atoms with Gasteiger partial charge in [-0.15, -0.1) is 0 Å². The molecule has 0 spiro atoms. The van der Waals surface area contributed by atoms with Crippen molar-refractivity contribution in [1.29, 1.82) is 0 Å². The number of methoxy groups -OCH3 is 1. The minimum absolute atomic E-state index is 0.0502. The predicted octanol–water partition coefficient (Wildman–Crippen LogP) is 4.69. The van der Waals surface area contributed by atoms with Crippen LogP contribution in [0.3, 0.4) is 0 Å². The second kappa shape index (κ2) is 9.94. The molecule has 0 aliphatic carbocycles. The van der Waals surface area contributed by atoms with Crippen molar-refractivity contribution in [2.45, 2.75) is 49.2 Å². The van der Waals surface area contributed by atoms with Gasteiger partial charge in [-0.2, -0.15) is 0 Å². The van der Waals surface area contributed by atoms with Gasteiger partial charge in [0.2, 0.25) is 0 Å². The maximum atomic E-state index is 12.7. The first-order valence-corrected chi connectivity index (χ1v) is 11.0. The summed E-state index contributed by atoms with van der Waals surface area (Å²) >= 11 is 6.02. The van der Waals surface area contributed by atoms with E-state index in [2.05, 4.69) is 0 Å². The summed E-state index contributed by atoms with van der Waals surface area (Å²) in [5.74, 6) is -0.549. The first kappa shape index (κ1) is 22.2. The van der Waals surface area contributed by atoms with Gasteiger partial charge < -0.3 is 9.84 Å². The third kappa shape index (κ3) is 5.72. The largest absolute Gasteiger partial charge is 0.496 e. The van der Waals surface area contributed by atoms with E-state index < -0.39 is 21.1 Å². The van der Waals surface area contributed by atoms with Crippen molar-refractivity contribution in [3.05, 3.63) is 58.6 Å². The molecule has 0 aliphatic rings. The van der Waals surface area contributed by atoms with E-state index in [-0.39, 0.29) is 11.3 Å². The molecule has 0 bridgehead atoms. The topological polar surface area (TPSA) is 80.7 Å². The van der Waals surface area contributed by atoms with Crippen LogP contribution in [-0.2, 0) is 21.1 Å². The average molecular weight is 425 g/mol. The highest BCUT2D eigenvalue weighted by atomic mass is 35.5. The number of unbranched alkanes of at least 4 members (excludes halogenated alkanes) is 2. The van der Waals surface area contributed by atoms with Gasteiger partial charge in [0.05, 0.1) is 12.0 Å². The molecule has 1 N–H and O–H groups in total. The standard InChI is InChI=1S/C21H25ClO5S/c1-15-8-11-18(12-9-15)28(25,26)20(21(23)24)7-5-3-4-6-16-14-17(22)10-13-19(16)27-2/h8-14,20H,3-7H2,1-2H3,(H,23,24). The first-order valence-electron chi connectivity index (χ1n) is 9.11. The lowest BCUT2D eigenvalue weighted by atomic mass is 10.0. The average Bonchev–Trinajstić information content (AvgIpc) is 2.64. The van der Waals surface area contributed by atoms with Crippen LogP contribution in [0.4, 0.5) is 0 Å². The van der Waals surface area contributed by atoms with E-state index in [1.54, 1.807) is 25.3 Å². The van der Waals surface area contributed by atoms with E-state index >= 15 is 0 Å². The number of aliphatic carboxylic acids is 1. The highest BCUT2D eigenvalue weighted by Crippen LogP contribution is 2.25. The number of hydrogen-bond acceptors (Lipinski definition) is 4. The summed E-state index contributed by atoms with van der Waals surface area (Å²) in [7, 11) is -2.31. The second-order valence-electron chi connectivity index (χ2n) is 6.74. The van der Waals surface area contributed by atoms with Crippen LogP contribution < -0.4 is 4.74 Å². The number of carboxylic acids is 1. The van der Waals surface area contributed by atoms with Crippen molar-refractivity contribution in [3.63, 3.8) is 0 Å². The molecule has 28 heavy (non-hydrogen) atoms. The van der Waals surface area contributed by atoms with Gasteiger partial charge in [-0.25, -0.2) is 8.42 Å². The molecule has 2 aromatic rings. The normalized spacial score (nSPS) is 12.5. The highest BCUT2D eigenvalue weighted by molar-refractivity contribution is 7.92. The third-order valence-electron chi connectivity index (χ3n) is 4.65. The smallest absolute Gasteiger partial charge is 0.322 e. The van der Waals surface area contributed by atoms with Crippen molar-refractivity contribution in [2.75, 3.05) is 7.11 Å². The fourth-order valence-corrected chi connectivity index (χ4v) is 4.85. The zero-order valence-corrected chi connectivity index (χ0v) is 17.6. The van der Waals surface area contributed by atoms with E-state index in [1.807, 2.05) is 19.1 Å². The van der Waals surface area contributed by atoms with Crippen LogP contribution in [0, 0.1) is 6.92 Å². The van der Waals surface area contributed by atoms with Crippen molar-refractivity contribution in [3.8, 4) is 5.75 Å². The second-order valence-corrected chi connectivity index (χ2v) is 9.31. The molecule has 0 radical (unpaired) electrons. The maximum Gasteiger partial charge on any atom is 0.322 e. The molecule has 2 aromatic carbocycles. The van der Waals surface area contributed by atoms with E-state index in [1.165, 1.54) is 12.1 Å². The van der Waals surface area contributed by atoms with Crippen LogP contribution in [0.15, 0.2) is 47.4 Å². The Labute approximate surface area is 171 Å². The number of carboxylic acid groups (broad SMARTS) is 1. The van der Waals surface area contributed by atoms with Crippen LogP contribution in [0.25, 0.3) is 0 Å². The number of aryl methyl sites for hydroxylation is 2. The summed E-state index contributed by atoms with van der Waals surface area (Å²) in [5, 5.41) is 8.64. The molecule has 0 aliphatic heterocycles. The minimum Gasteiger partial charge on any atom is -0.496 e. The van der Waals surface area contributed by atoms with E-state index in [0.717, 1.165) is 29.7 Å². The Bertz CT molecular complexity index is 907. The molecule has 0 saturated carbocycles. The number of hydrogen-bond donors (Lipinski definition) is 1. The van der Waals surface area contributed by atoms with E-state index in [4.69, 9.17) is 16.3 Å². The highest BCUT2D eigenvalue weighted by Gasteiger charge is 2.33. The Balaban J connectivity index is 1.95. The number of sulfone groups is 1. The van der Waals surface area contributed by atoms with E-state index in [0.29, 0.717) is 17.9 Å². The molecular formula is C21H25ClO5S. The van der Waals surface area contributed by atoms with Gasteiger partial charge in [0.25, 0.3) is 0 Å². The number of carbonyl (C=O) groups is 1. The first-order chi connectivity index (χ1) is 13.3. The fraction of sp³-hybridized carbons (Fsp3) is 0.381. The quantitative estimate of drug-likeness (QED) is 0.559. The molecule has 1 unspecified atom stereocenters. The molecule has 2 rings (SSSR count). The van der Waals surface area contributed by atoms with Crippen molar-refractivity contribution < 1.29 is 23.1 Å². The van der Waals surface area contributed by atoms with Gasteiger partial charge in [-0.1, -0.05) is 42.1 Å². The van der Waals surface area contributed by atoms with Gasteiger partial charge in [-0.05, 0) is 62.1 Å². The summed E-state index contributed by atoms with van der Waals surface area (Å²) < 4.78 is 30.7. The fourth-order valence-electron chi connectivity index (χ4n) is 3.07. The Morgan fingerprint density at radius 1 is 1.11 bits per heavy atom. The molecule has 0 aromatic heterocycles. The molecule has 0 saturated heterocycles. The van der Waals surface area contributed by atoms with Crippen LogP contribution >= 0.6 is 11.6 Å². The van der Waals surface area contributed by atoms with Gasteiger partial charge in [0.1, 0.15) is 5.75 Å². The number of rotatable bonds is 10. The monoisotopic (exact) mass is 424 g/mol. The summed E-state index contributed by atoms with van der Waals surface area (Å²) in [4.78, 5) is 11.6. The van der Waals surface area contributed by atoms with Crippen LogP contribution in [-0.4, -0.2) is 31.9 Å². The number of benzene rings is 2. The SMILES string of the molecule is COc1ccc(Cl)cc1CCCCCC(C(=O)O)S(=O)(=O)c1ccc(C)cc1. The Morgan fingerprint density at radius 3 is 2.39 bits per heavy atom. The molecule has 0 amide bonds. The zero-order valence-electron chi connectivity index (χ0n) is 16.0. The summed E-state index contributed by atoms with van der Waals surface area (Å²) in [6.07, 6.45) is 2.81. The van der Waals surface area contributed by atoms with Crippen molar-refractivity contribution in [2.24, 2.45) is 0 Å². The Hall–Kier alpha value is -2.05. The number of ether oxygens (including phenoxy) is 1. The van der Waals surface area contributed by atoms with Crippen LogP contribution in [0.1, 0.15) is 36.8 Å². The number of halogens is 1. The molecular weight excluding hydrogens is 400 g/mol. The lowest BCUT2D eigenvalue weighted by Crippen LogP contribution is -2.30. The Kier molecular flexibility index (Phi) is 7.89. The molecule has 0 heterocycles. The van der Waals surface area contributed by atoms with Crippen LogP contribution in [0.2, 0.25) is 5.02 Å². The van der Waals surface area contributed by atoms with Gasteiger partial charge in [-0.3, -0.25) is 4.79 Å². The lowest BCUT2D eigenvalue weighted by Gasteiger charge is -2.14. The lowest BCUT2D eigenvalue weighted by molar-refractivity contribution is -0.136. The van der Waals surface area contributed by atoms with Crippen LogP contribution in [0.5, 0.6) is 5.75 Å². The predicted molar refractivity (Wildman–Crippen MR) is 110 cm³/mol. The third-order valence-corrected chi connectivity index (χ3v) is 7.01. The molecule has 7 heteroatoms. The Morgan fingerprint density at radius 2 is 1.79 bits per heavy atom. The summed E-state index contributed by atoms with van der Waals surface area (Å²) in [5.41, 5.74) is 1.90.